The largest absolute Gasteiger partial charge is 0.494 e. The average molecular weight is 276 g/mol. The first kappa shape index (κ1) is 14.9. The molecule has 1 saturated heterocycles. The molecule has 108 valence electrons. The van der Waals surface area contributed by atoms with Crippen molar-refractivity contribution in [2.45, 2.75) is 38.9 Å². The molecule has 0 saturated carbocycles. The zero-order valence-electron chi connectivity index (χ0n) is 12.6. The fourth-order valence-electron chi connectivity index (χ4n) is 2.05. The highest BCUT2D eigenvalue weighted by atomic mass is 16.7. The molecule has 0 spiro atoms. The smallest absolute Gasteiger partial charge is 0.399 e. The van der Waals surface area contributed by atoms with E-state index in [0.717, 1.165) is 5.46 Å². The van der Waals surface area contributed by atoms with Crippen molar-refractivity contribution in [2.75, 3.05) is 12.8 Å². The summed E-state index contributed by atoms with van der Waals surface area (Å²) < 4.78 is 11.9. The third kappa shape index (κ3) is 2.41. The van der Waals surface area contributed by atoms with Gasteiger partial charge in [0.05, 0.1) is 16.8 Å². The van der Waals surface area contributed by atoms with Gasteiger partial charge in [-0.15, -0.1) is 0 Å². The third-order valence-electron chi connectivity index (χ3n) is 4.07. The summed E-state index contributed by atoms with van der Waals surface area (Å²) in [5.41, 5.74) is 6.81. The van der Waals surface area contributed by atoms with Crippen LogP contribution in [-0.4, -0.2) is 31.3 Å². The van der Waals surface area contributed by atoms with Gasteiger partial charge in [-0.05, 0) is 45.3 Å². The predicted molar refractivity (Wildman–Crippen MR) is 80.0 cm³/mol. The van der Waals surface area contributed by atoms with Gasteiger partial charge in [0.25, 0.3) is 5.91 Å². The minimum Gasteiger partial charge on any atom is -0.399 e. The summed E-state index contributed by atoms with van der Waals surface area (Å²) in [6.45, 7) is 7.98. The second kappa shape index (κ2) is 4.79. The zero-order chi connectivity index (χ0) is 15.1. The van der Waals surface area contributed by atoms with Crippen molar-refractivity contribution in [2.24, 2.45) is 0 Å². The number of rotatable bonds is 2. The van der Waals surface area contributed by atoms with Gasteiger partial charge in [0.15, 0.2) is 0 Å². The molecule has 1 amide bonds. The number of amides is 1. The van der Waals surface area contributed by atoms with Gasteiger partial charge >= 0.3 is 7.12 Å². The van der Waals surface area contributed by atoms with E-state index in [0.29, 0.717) is 11.3 Å². The number of hydrogen-bond donors (Lipinski definition) is 2. The molecule has 1 aromatic carbocycles. The van der Waals surface area contributed by atoms with Crippen LogP contribution in [0.4, 0.5) is 5.69 Å². The van der Waals surface area contributed by atoms with Crippen molar-refractivity contribution < 1.29 is 14.1 Å². The molecule has 1 aliphatic heterocycles. The SMILES string of the molecule is CNC(=O)c1ccc(B2OC(C)(C)C(C)(C)O2)cc1N. The van der Waals surface area contributed by atoms with E-state index in [1.165, 1.54) is 0 Å². The van der Waals surface area contributed by atoms with Crippen molar-refractivity contribution in [3.8, 4) is 0 Å². The number of nitrogen functional groups attached to an aromatic ring is 1. The fourth-order valence-corrected chi connectivity index (χ4v) is 2.05. The zero-order valence-corrected chi connectivity index (χ0v) is 12.6. The van der Waals surface area contributed by atoms with Crippen LogP contribution in [0.3, 0.4) is 0 Å². The number of anilines is 1. The summed E-state index contributed by atoms with van der Waals surface area (Å²) in [4.78, 5) is 11.6. The van der Waals surface area contributed by atoms with E-state index >= 15 is 0 Å². The van der Waals surface area contributed by atoms with Crippen LogP contribution < -0.4 is 16.5 Å². The Morgan fingerprint density at radius 2 is 1.75 bits per heavy atom. The van der Waals surface area contributed by atoms with E-state index < -0.39 is 18.3 Å². The average Bonchev–Trinajstić information content (AvgIpc) is 2.57. The topological polar surface area (TPSA) is 73.6 Å². The summed E-state index contributed by atoms with van der Waals surface area (Å²) >= 11 is 0. The summed E-state index contributed by atoms with van der Waals surface area (Å²) in [5.74, 6) is -0.206. The van der Waals surface area contributed by atoms with E-state index in [1.54, 1.807) is 19.2 Å². The molecular weight excluding hydrogens is 255 g/mol. The van der Waals surface area contributed by atoms with Gasteiger partial charge in [-0.2, -0.15) is 0 Å². The van der Waals surface area contributed by atoms with Gasteiger partial charge in [0, 0.05) is 12.7 Å². The van der Waals surface area contributed by atoms with E-state index in [1.807, 2.05) is 33.8 Å². The second-order valence-corrected chi connectivity index (χ2v) is 6.01. The standard InChI is InChI=1S/C14H21BN2O3/c1-13(2)14(3,4)20-15(19-13)9-6-7-10(11(16)8-9)12(18)17-5/h6-8H,16H2,1-5H3,(H,17,18). The molecule has 20 heavy (non-hydrogen) atoms. The summed E-state index contributed by atoms with van der Waals surface area (Å²) in [6, 6.07) is 5.23. The van der Waals surface area contributed by atoms with Crippen molar-refractivity contribution in [1.29, 1.82) is 0 Å². The summed E-state index contributed by atoms with van der Waals surface area (Å²) in [7, 11) is 1.10. The third-order valence-corrected chi connectivity index (χ3v) is 4.07. The minimum atomic E-state index is -0.471. The van der Waals surface area contributed by atoms with Crippen molar-refractivity contribution in [1.82, 2.24) is 5.32 Å². The van der Waals surface area contributed by atoms with Gasteiger partial charge in [0.1, 0.15) is 0 Å². The number of benzene rings is 1. The Bertz CT molecular complexity index is 527. The lowest BCUT2D eigenvalue weighted by atomic mass is 9.78. The Kier molecular flexibility index (Phi) is 3.56. The molecule has 0 aromatic heterocycles. The van der Waals surface area contributed by atoms with Gasteiger partial charge in [-0.1, -0.05) is 6.07 Å². The monoisotopic (exact) mass is 276 g/mol. The molecule has 0 atom stereocenters. The van der Waals surface area contributed by atoms with Crippen LogP contribution in [0.5, 0.6) is 0 Å². The number of carbonyl (C=O) groups is 1. The van der Waals surface area contributed by atoms with Crippen LogP contribution in [0.15, 0.2) is 18.2 Å². The first-order chi connectivity index (χ1) is 9.18. The molecule has 1 aromatic rings. The minimum absolute atomic E-state index is 0.206. The maximum Gasteiger partial charge on any atom is 0.494 e. The molecule has 2 rings (SSSR count). The van der Waals surface area contributed by atoms with Crippen LogP contribution >= 0.6 is 0 Å². The molecule has 3 N–H and O–H groups in total. The summed E-state index contributed by atoms with van der Waals surface area (Å²) in [5, 5.41) is 2.56. The molecule has 0 radical (unpaired) electrons. The Hall–Kier alpha value is -1.53. The Morgan fingerprint density at radius 3 is 2.20 bits per heavy atom. The lowest BCUT2D eigenvalue weighted by Crippen LogP contribution is -2.41. The lowest BCUT2D eigenvalue weighted by Gasteiger charge is -2.32. The van der Waals surface area contributed by atoms with Crippen LogP contribution in [0.1, 0.15) is 38.1 Å². The van der Waals surface area contributed by atoms with Crippen LogP contribution in [0.2, 0.25) is 0 Å². The maximum absolute atomic E-state index is 11.6. The number of nitrogens with one attached hydrogen (secondary N) is 1. The van der Waals surface area contributed by atoms with Gasteiger partial charge < -0.3 is 20.4 Å². The van der Waals surface area contributed by atoms with Crippen molar-refractivity contribution in [3.63, 3.8) is 0 Å². The lowest BCUT2D eigenvalue weighted by molar-refractivity contribution is 0.00578. The Morgan fingerprint density at radius 1 is 1.20 bits per heavy atom. The molecule has 0 aliphatic carbocycles. The van der Waals surface area contributed by atoms with Crippen LogP contribution in [0, 0.1) is 0 Å². The van der Waals surface area contributed by atoms with Crippen molar-refractivity contribution >= 4 is 24.2 Å². The van der Waals surface area contributed by atoms with Crippen LogP contribution in [0.25, 0.3) is 0 Å². The first-order valence-corrected chi connectivity index (χ1v) is 6.65. The molecule has 6 heteroatoms. The van der Waals surface area contributed by atoms with E-state index in [-0.39, 0.29) is 5.91 Å². The van der Waals surface area contributed by atoms with E-state index in [9.17, 15) is 4.79 Å². The second-order valence-electron chi connectivity index (χ2n) is 6.01. The molecule has 0 bridgehead atoms. The highest BCUT2D eigenvalue weighted by molar-refractivity contribution is 6.62. The first-order valence-electron chi connectivity index (χ1n) is 6.65. The van der Waals surface area contributed by atoms with Gasteiger partial charge in [-0.25, -0.2) is 0 Å². The Labute approximate surface area is 120 Å². The van der Waals surface area contributed by atoms with Gasteiger partial charge in [-0.3, -0.25) is 4.79 Å². The number of carbonyl (C=O) groups excluding carboxylic acids is 1. The number of hydrogen-bond acceptors (Lipinski definition) is 4. The van der Waals surface area contributed by atoms with Crippen molar-refractivity contribution in [3.05, 3.63) is 23.8 Å². The summed E-state index contributed by atoms with van der Waals surface area (Å²) in [6.07, 6.45) is 0. The highest BCUT2D eigenvalue weighted by Crippen LogP contribution is 2.36. The number of nitrogens with two attached hydrogens (primary N) is 1. The van der Waals surface area contributed by atoms with E-state index in [4.69, 9.17) is 15.0 Å². The fraction of sp³-hybridized carbons (Fsp3) is 0.500. The Balaban J connectivity index is 2.28. The van der Waals surface area contributed by atoms with Gasteiger partial charge in [0.2, 0.25) is 0 Å². The molecule has 5 nitrogen and oxygen atoms in total. The quantitative estimate of drug-likeness (QED) is 0.622. The molecule has 0 unspecified atom stereocenters. The van der Waals surface area contributed by atoms with Crippen LogP contribution in [-0.2, 0) is 9.31 Å². The normalized spacial score (nSPS) is 19.9. The highest BCUT2D eigenvalue weighted by Gasteiger charge is 2.51. The molecular formula is C14H21BN2O3. The molecule has 1 fully saturated rings. The predicted octanol–water partition coefficient (Wildman–Crippen LogP) is 0.928. The molecule has 1 aliphatic rings. The van der Waals surface area contributed by atoms with E-state index in [2.05, 4.69) is 5.32 Å². The maximum atomic E-state index is 11.6. The molecule has 1 heterocycles.